The largest absolute Gasteiger partial charge is 0.441 e. The van der Waals surface area contributed by atoms with Crippen LogP contribution in [0.5, 0.6) is 0 Å². The van der Waals surface area contributed by atoms with Crippen LogP contribution in [0.4, 0.5) is 0 Å². The maximum atomic E-state index is 12.2. The molecule has 1 aliphatic carbocycles. The number of aromatic nitrogens is 1. The Hall–Kier alpha value is -2.15. The van der Waals surface area contributed by atoms with Crippen LogP contribution in [0.2, 0.25) is 0 Å². The lowest BCUT2D eigenvalue weighted by molar-refractivity contribution is -0.118. The summed E-state index contributed by atoms with van der Waals surface area (Å²) in [5.41, 5.74) is 2.18. The monoisotopic (exact) mass is 348 g/mol. The third-order valence-electron chi connectivity index (χ3n) is 3.92. The Morgan fingerprint density at radius 1 is 1.29 bits per heavy atom. The lowest BCUT2D eigenvalue weighted by Gasteiger charge is -2.04. The van der Waals surface area contributed by atoms with Gasteiger partial charge in [0.15, 0.2) is 9.84 Å². The molecule has 0 aliphatic heterocycles. The molecule has 2 aromatic rings. The average Bonchev–Trinajstić information content (AvgIpc) is 3.22. The molecule has 1 aromatic carbocycles. The summed E-state index contributed by atoms with van der Waals surface area (Å²) in [5.74, 6) is -0.405. The van der Waals surface area contributed by atoms with Gasteiger partial charge in [-0.25, -0.2) is 13.4 Å². The van der Waals surface area contributed by atoms with Crippen molar-refractivity contribution in [3.8, 4) is 11.5 Å². The Bertz CT molecular complexity index is 866. The molecule has 128 valence electrons. The van der Waals surface area contributed by atoms with Crippen molar-refractivity contribution in [3.63, 3.8) is 0 Å². The third kappa shape index (κ3) is 4.03. The topological polar surface area (TPSA) is 89.3 Å². The van der Waals surface area contributed by atoms with Gasteiger partial charge in [-0.15, -0.1) is 0 Å². The number of oxazole rings is 1. The van der Waals surface area contributed by atoms with Gasteiger partial charge in [0.05, 0.1) is 11.4 Å². The second kappa shape index (κ2) is 6.39. The molecule has 0 atom stereocenters. The molecule has 1 fully saturated rings. The van der Waals surface area contributed by atoms with E-state index >= 15 is 0 Å². The van der Waals surface area contributed by atoms with E-state index in [9.17, 15) is 13.2 Å². The molecule has 0 bridgehead atoms. The molecule has 0 unspecified atom stereocenters. The number of carbonyl (C=O) groups excluding carboxylic acids is 1. The van der Waals surface area contributed by atoms with Crippen LogP contribution in [0.3, 0.4) is 0 Å². The average molecular weight is 348 g/mol. The van der Waals surface area contributed by atoms with Crippen molar-refractivity contribution in [1.29, 1.82) is 0 Å². The van der Waals surface area contributed by atoms with Crippen LogP contribution >= 0.6 is 0 Å². The van der Waals surface area contributed by atoms with E-state index in [-0.39, 0.29) is 11.8 Å². The first-order chi connectivity index (χ1) is 11.3. The summed E-state index contributed by atoms with van der Waals surface area (Å²) in [6.07, 6.45) is 1.85. The van der Waals surface area contributed by atoms with Gasteiger partial charge in [0.1, 0.15) is 11.5 Å². The lowest BCUT2D eigenvalue weighted by atomic mass is 10.1. The van der Waals surface area contributed by atoms with Gasteiger partial charge < -0.3 is 9.73 Å². The third-order valence-corrected chi connectivity index (χ3v) is 5.33. The van der Waals surface area contributed by atoms with Crippen LogP contribution in [-0.2, 0) is 20.4 Å². The van der Waals surface area contributed by atoms with Crippen molar-refractivity contribution in [3.05, 3.63) is 41.3 Å². The standard InChI is InChI=1S/C17H20N2O4S/c1-11-5-3-4-6-14(11)17-19-15(12(2)23-17)9-24(21,22)10-16(20)18-13-7-8-13/h3-6,13H,7-10H2,1-2H3,(H,18,20). The first-order valence-electron chi connectivity index (χ1n) is 7.86. The zero-order valence-electron chi connectivity index (χ0n) is 13.7. The second-order valence-electron chi connectivity index (χ2n) is 6.21. The van der Waals surface area contributed by atoms with Gasteiger partial charge in [-0.3, -0.25) is 4.79 Å². The molecule has 3 rings (SSSR count). The number of benzene rings is 1. The maximum absolute atomic E-state index is 12.2. The first-order valence-corrected chi connectivity index (χ1v) is 9.68. The van der Waals surface area contributed by atoms with E-state index in [4.69, 9.17) is 4.42 Å². The molecule has 1 heterocycles. The molecule has 0 saturated heterocycles. The molecule has 1 aromatic heterocycles. The zero-order valence-corrected chi connectivity index (χ0v) is 14.5. The first kappa shape index (κ1) is 16.7. The van der Waals surface area contributed by atoms with E-state index in [1.165, 1.54) is 0 Å². The van der Waals surface area contributed by atoms with Crippen molar-refractivity contribution in [2.24, 2.45) is 0 Å². The van der Waals surface area contributed by atoms with Crippen molar-refractivity contribution in [1.82, 2.24) is 10.3 Å². The molecule has 1 aliphatic rings. The molecular formula is C17H20N2O4S. The van der Waals surface area contributed by atoms with E-state index in [2.05, 4.69) is 10.3 Å². The van der Waals surface area contributed by atoms with E-state index in [0.29, 0.717) is 17.3 Å². The van der Waals surface area contributed by atoms with Gasteiger partial charge in [-0.1, -0.05) is 18.2 Å². The van der Waals surface area contributed by atoms with Crippen LogP contribution in [0.25, 0.3) is 11.5 Å². The minimum absolute atomic E-state index is 0.147. The van der Waals surface area contributed by atoms with Gasteiger partial charge in [-0.05, 0) is 38.3 Å². The molecule has 1 amide bonds. The van der Waals surface area contributed by atoms with E-state index in [1.54, 1.807) is 6.92 Å². The Labute approximate surface area is 141 Å². The number of carbonyl (C=O) groups is 1. The highest BCUT2D eigenvalue weighted by atomic mass is 32.2. The van der Waals surface area contributed by atoms with Crippen molar-refractivity contribution >= 4 is 15.7 Å². The summed E-state index contributed by atoms with van der Waals surface area (Å²) in [6.45, 7) is 3.62. The fraction of sp³-hybridized carbons (Fsp3) is 0.412. The predicted molar refractivity (Wildman–Crippen MR) is 90.1 cm³/mol. The number of nitrogens with one attached hydrogen (secondary N) is 1. The minimum Gasteiger partial charge on any atom is -0.441 e. The van der Waals surface area contributed by atoms with E-state index < -0.39 is 21.5 Å². The van der Waals surface area contributed by atoms with E-state index in [0.717, 1.165) is 24.0 Å². The van der Waals surface area contributed by atoms with Crippen molar-refractivity contribution in [2.45, 2.75) is 38.5 Å². The highest BCUT2D eigenvalue weighted by Crippen LogP contribution is 2.25. The highest BCUT2D eigenvalue weighted by molar-refractivity contribution is 7.91. The van der Waals surface area contributed by atoms with Gasteiger partial charge in [0, 0.05) is 11.6 Å². The number of rotatable bonds is 6. The van der Waals surface area contributed by atoms with Crippen molar-refractivity contribution in [2.75, 3.05) is 5.75 Å². The van der Waals surface area contributed by atoms with Crippen LogP contribution in [0, 0.1) is 13.8 Å². The fourth-order valence-corrected chi connectivity index (χ4v) is 3.72. The summed E-state index contributed by atoms with van der Waals surface area (Å²) in [5, 5.41) is 2.69. The summed E-state index contributed by atoms with van der Waals surface area (Å²) in [6, 6.07) is 7.75. The van der Waals surface area contributed by atoms with Crippen LogP contribution in [0.15, 0.2) is 28.7 Å². The zero-order chi connectivity index (χ0) is 17.3. The second-order valence-corrected chi connectivity index (χ2v) is 8.28. The van der Waals surface area contributed by atoms with E-state index in [1.807, 2.05) is 31.2 Å². The van der Waals surface area contributed by atoms with Gasteiger partial charge in [0.25, 0.3) is 0 Å². The number of hydrogen-bond donors (Lipinski definition) is 1. The fourth-order valence-electron chi connectivity index (χ4n) is 2.45. The SMILES string of the molecule is Cc1ccccc1-c1nc(CS(=O)(=O)CC(=O)NC2CC2)c(C)o1. The number of aryl methyl sites for hydroxylation is 2. The molecule has 0 spiro atoms. The van der Waals surface area contributed by atoms with Gasteiger partial charge >= 0.3 is 0 Å². The molecular weight excluding hydrogens is 328 g/mol. The molecule has 6 nitrogen and oxygen atoms in total. The summed E-state index contributed by atoms with van der Waals surface area (Å²) >= 11 is 0. The Balaban J connectivity index is 1.75. The minimum atomic E-state index is -3.59. The van der Waals surface area contributed by atoms with Crippen molar-refractivity contribution < 1.29 is 17.6 Å². The normalized spacial score (nSPS) is 14.6. The Morgan fingerprint density at radius 2 is 2.00 bits per heavy atom. The number of sulfone groups is 1. The predicted octanol–water partition coefficient (Wildman–Crippen LogP) is 2.15. The molecule has 7 heteroatoms. The molecule has 1 saturated carbocycles. The van der Waals surface area contributed by atoms with Crippen LogP contribution in [-0.4, -0.2) is 31.1 Å². The van der Waals surface area contributed by atoms with Gasteiger partial charge in [-0.2, -0.15) is 0 Å². The van der Waals surface area contributed by atoms with Crippen LogP contribution in [0.1, 0.15) is 29.9 Å². The lowest BCUT2D eigenvalue weighted by Crippen LogP contribution is -2.32. The quantitative estimate of drug-likeness (QED) is 0.864. The Kier molecular flexibility index (Phi) is 4.45. The number of hydrogen-bond acceptors (Lipinski definition) is 5. The smallest absolute Gasteiger partial charge is 0.235 e. The highest BCUT2D eigenvalue weighted by Gasteiger charge is 2.27. The maximum Gasteiger partial charge on any atom is 0.235 e. The van der Waals surface area contributed by atoms with Crippen LogP contribution < -0.4 is 5.32 Å². The summed E-state index contributed by atoms with van der Waals surface area (Å²) in [4.78, 5) is 16.1. The molecule has 24 heavy (non-hydrogen) atoms. The Morgan fingerprint density at radius 3 is 2.67 bits per heavy atom. The molecule has 0 radical (unpaired) electrons. The summed E-state index contributed by atoms with van der Waals surface area (Å²) in [7, 11) is -3.59. The number of nitrogens with zero attached hydrogens (tertiary/aromatic N) is 1. The van der Waals surface area contributed by atoms with Gasteiger partial charge in [0.2, 0.25) is 11.8 Å². The summed E-state index contributed by atoms with van der Waals surface area (Å²) < 4.78 is 30.1. The number of amides is 1. The molecule has 1 N–H and O–H groups in total.